The zero-order chi connectivity index (χ0) is 14.0. The highest BCUT2D eigenvalue weighted by Gasteiger charge is 2.05. The average Bonchev–Trinajstić information content (AvgIpc) is 2.93. The van der Waals surface area contributed by atoms with Crippen molar-refractivity contribution in [3.8, 4) is 5.75 Å². The molecule has 0 spiro atoms. The molecule has 0 fully saturated rings. The maximum atomic E-state index is 5.57. The Morgan fingerprint density at radius 3 is 2.75 bits per heavy atom. The summed E-state index contributed by atoms with van der Waals surface area (Å²) >= 11 is 0. The number of rotatable bonds is 9. The van der Waals surface area contributed by atoms with Crippen molar-refractivity contribution in [2.24, 2.45) is 0 Å². The average molecular weight is 275 g/mol. The maximum Gasteiger partial charge on any atom is 0.133 e. The quantitative estimate of drug-likeness (QED) is 0.714. The molecular formula is C16H21NO3. The number of nitrogens with one attached hydrogen (secondary N) is 1. The molecule has 0 aliphatic heterocycles. The minimum Gasteiger partial charge on any atom is -0.491 e. The molecule has 2 rings (SSSR count). The summed E-state index contributed by atoms with van der Waals surface area (Å²) in [5, 5.41) is 3.27. The lowest BCUT2D eigenvalue weighted by Crippen LogP contribution is -2.13. The van der Waals surface area contributed by atoms with Crippen molar-refractivity contribution < 1.29 is 13.9 Å². The van der Waals surface area contributed by atoms with Crippen LogP contribution < -0.4 is 10.1 Å². The first kappa shape index (κ1) is 14.6. The summed E-state index contributed by atoms with van der Waals surface area (Å²) in [5.41, 5.74) is 1.15. The Bertz CT molecular complexity index is 481. The Balaban J connectivity index is 1.65. The number of hydrogen-bond acceptors (Lipinski definition) is 4. The minimum absolute atomic E-state index is 0.478. The highest BCUT2D eigenvalue weighted by atomic mass is 16.5. The Kier molecular flexibility index (Phi) is 6.14. The predicted octanol–water partition coefficient (Wildman–Crippen LogP) is 2.98. The van der Waals surface area contributed by atoms with Crippen LogP contribution in [0.15, 0.2) is 47.1 Å². The van der Waals surface area contributed by atoms with Crippen molar-refractivity contribution in [3.05, 3.63) is 54.0 Å². The molecule has 0 saturated carbocycles. The lowest BCUT2D eigenvalue weighted by atomic mass is 10.2. The predicted molar refractivity (Wildman–Crippen MR) is 77.7 cm³/mol. The van der Waals surface area contributed by atoms with Gasteiger partial charge in [0.1, 0.15) is 24.7 Å². The zero-order valence-electron chi connectivity index (χ0n) is 11.8. The summed E-state index contributed by atoms with van der Waals surface area (Å²) in [5.74, 6) is 1.74. The van der Waals surface area contributed by atoms with E-state index in [1.54, 1.807) is 6.26 Å². The monoisotopic (exact) mass is 275 g/mol. The first-order valence-electron chi connectivity index (χ1n) is 6.91. The molecule has 0 radical (unpaired) electrons. The molecular weight excluding hydrogens is 254 g/mol. The molecule has 4 nitrogen and oxygen atoms in total. The third-order valence-electron chi connectivity index (χ3n) is 2.88. The summed E-state index contributed by atoms with van der Waals surface area (Å²) in [6.07, 6.45) is 1.70. The van der Waals surface area contributed by atoms with E-state index >= 15 is 0 Å². The van der Waals surface area contributed by atoms with E-state index in [1.807, 2.05) is 36.4 Å². The number of ether oxygens (including phenoxy) is 2. The Labute approximate surface area is 119 Å². The maximum absolute atomic E-state index is 5.57. The third kappa shape index (κ3) is 4.72. The molecule has 108 valence electrons. The number of para-hydroxylation sites is 1. The molecule has 2 aromatic rings. The second kappa shape index (κ2) is 8.40. The zero-order valence-corrected chi connectivity index (χ0v) is 11.8. The van der Waals surface area contributed by atoms with Crippen LogP contribution >= 0.6 is 0 Å². The molecule has 0 aliphatic carbocycles. The van der Waals surface area contributed by atoms with Crippen molar-refractivity contribution in [1.82, 2.24) is 5.32 Å². The van der Waals surface area contributed by atoms with Gasteiger partial charge in [-0.15, -0.1) is 0 Å². The largest absolute Gasteiger partial charge is 0.491 e. The van der Waals surface area contributed by atoms with Crippen LogP contribution in [0.4, 0.5) is 0 Å². The van der Waals surface area contributed by atoms with Crippen molar-refractivity contribution >= 4 is 0 Å². The van der Waals surface area contributed by atoms with Gasteiger partial charge in [0.25, 0.3) is 0 Å². The molecule has 0 amide bonds. The van der Waals surface area contributed by atoms with Crippen LogP contribution in [0.25, 0.3) is 0 Å². The molecule has 1 aromatic carbocycles. The standard InChI is InChI=1S/C16H21NO3/c1-2-17-12-14-8-9-20-16(14)13-18-10-11-19-15-6-4-3-5-7-15/h3-9,17H,2,10-13H2,1H3. The van der Waals surface area contributed by atoms with E-state index in [2.05, 4.69) is 12.2 Å². The SMILES string of the molecule is CCNCc1ccoc1COCCOc1ccccc1. The van der Waals surface area contributed by atoms with Gasteiger partial charge in [0.05, 0.1) is 12.9 Å². The molecule has 4 heteroatoms. The van der Waals surface area contributed by atoms with E-state index in [1.165, 1.54) is 0 Å². The van der Waals surface area contributed by atoms with Crippen molar-refractivity contribution in [1.29, 1.82) is 0 Å². The normalized spacial score (nSPS) is 10.7. The van der Waals surface area contributed by atoms with Gasteiger partial charge in [-0.25, -0.2) is 0 Å². The minimum atomic E-state index is 0.478. The Morgan fingerprint density at radius 2 is 1.95 bits per heavy atom. The van der Waals surface area contributed by atoms with Gasteiger partial charge < -0.3 is 19.2 Å². The van der Waals surface area contributed by atoms with E-state index in [0.717, 1.165) is 30.2 Å². The number of benzene rings is 1. The van der Waals surface area contributed by atoms with E-state index in [-0.39, 0.29) is 0 Å². The third-order valence-corrected chi connectivity index (χ3v) is 2.88. The van der Waals surface area contributed by atoms with Crippen molar-refractivity contribution in [3.63, 3.8) is 0 Å². The topological polar surface area (TPSA) is 43.6 Å². The van der Waals surface area contributed by atoms with Crippen LogP contribution in [0, 0.1) is 0 Å². The molecule has 0 atom stereocenters. The van der Waals surface area contributed by atoms with Crippen LogP contribution in [0.1, 0.15) is 18.2 Å². The van der Waals surface area contributed by atoms with Gasteiger partial charge in [-0.3, -0.25) is 0 Å². The molecule has 20 heavy (non-hydrogen) atoms. The van der Waals surface area contributed by atoms with Crippen LogP contribution in [0.5, 0.6) is 5.75 Å². The Morgan fingerprint density at radius 1 is 1.10 bits per heavy atom. The van der Waals surface area contributed by atoms with Gasteiger partial charge in [0.15, 0.2) is 0 Å². The number of furan rings is 1. The van der Waals surface area contributed by atoms with E-state index in [4.69, 9.17) is 13.9 Å². The molecule has 1 aromatic heterocycles. The highest BCUT2D eigenvalue weighted by molar-refractivity contribution is 5.20. The van der Waals surface area contributed by atoms with Gasteiger partial charge in [-0.2, -0.15) is 0 Å². The number of hydrogen-bond donors (Lipinski definition) is 1. The molecule has 1 heterocycles. The Hall–Kier alpha value is -1.78. The fraction of sp³-hybridized carbons (Fsp3) is 0.375. The van der Waals surface area contributed by atoms with Crippen LogP contribution in [-0.4, -0.2) is 19.8 Å². The molecule has 0 unspecified atom stereocenters. The summed E-state index contributed by atoms with van der Waals surface area (Å²) in [6, 6.07) is 11.7. The van der Waals surface area contributed by atoms with Crippen LogP contribution in [-0.2, 0) is 17.9 Å². The molecule has 0 bridgehead atoms. The van der Waals surface area contributed by atoms with Crippen LogP contribution in [0.2, 0.25) is 0 Å². The van der Waals surface area contributed by atoms with Crippen LogP contribution in [0.3, 0.4) is 0 Å². The van der Waals surface area contributed by atoms with Gasteiger partial charge in [0.2, 0.25) is 0 Å². The van der Waals surface area contributed by atoms with Crippen molar-refractivity contribution in [2.75, 3.05) is 19.8 Å². The first-order valence-corrected chi connectivity index (χ1v) is 6.91. The van der Waals surface area contributed by atoms with Crippen molar-refractivity contribution in [2.45, 2.75) is 20.1 Å². The summed E-state index contributed by atoms with van der Waals surface area (Å²) < 4.78 is 16.5. The van der Waals surface area contributed by atoms with Gasteiger partial charge in [-0.05, 0) is 24.7 Å². The fourth-order valence-corrected chi connectivity index (χ4v) is 1.81. The first-order chi connectivity index (χ1) is 9.90. The van der Waals surface area contributed by atoms with E-state index in [9.17, 15) is 0 Å². The summed E-state index contributed by atoms with van der Waals surface area (Å²) in [4.78, 5) is 0. The highest BCUT2D eigenvalue weighted by Crippen LogP contribution is 2.12. The summed E-state index contributed by atoms with van der Waals surface area (Å²) in [6.45, 7) is 5.38. The van der Waals surface area contributed by atoms with Gasteiger partial charge in [0, 0.05) is 12.1 Å². The smallest absolute Gasteiger partial charge is 0.133 e. The van der Waals surface area contributed by atoms with E-state index < -0.39 is 0 Å². The molecule has 0 aliphatic rings. The van der Waals surface area contributed by atoms with E-state index in [0.29, 0.717) is 19.8 Å². The molecule has 0 saturated heterocycles. The second-order valence-electron chi connectivity index (χ2n) is 4.36. The van der Waals surface area contributed by atoms with Gasteiger partial charge in [-0.1, -0.05) is 25.1 Å². The summed E-state index contributed by atoms with van der Waals surface area (Å²) in [7, 11) is 0. The fourth-order valence-electron chi connectivity index (χ4n) is 1.81. The van der Waals surface area contributed by atoms with Gasteiger partial charge >= 0.3 is 0 Å². The second-order valence-corrected chi connectivity index (χ2v) is 4.36. The lowest BCUT2D eigenvalue weighted by molar-refractivity contribution is 0.0775. The molecule has 1 N–H and O–H groups in total. The lowest BCUT2D eigenvalue weighted by Gasteiger charge is -2.07.